The van der Waals surface area contributed by atoms with Crippen molar-refractivity contribution in [3.8, 4) is 5.75 Å². The van der Waals surface area contributed by atoms with Crippen molar-refractivity contribution in [2.45, 2.75) is 13.0 Å². The quantitative estimate of drug-likeness (QED) is 0.744. The lowest BCUT2D eigenvalue weighted by atomic mass is 10.0. The standard InChI is InChI=1S/C17H16ClNOS/c18-17-8-6-13(21-17)11-20-16-7-5-12-3-1-2-4-14(12)15(16)9-10-19/h1-8H,9-11,19H2. The number of nitrogens with two attached hydrogens (primary N) is 1. The van der Waals surface area contributed by atoms with E-state index in [2.05, 4.69) is 18.2 Å². The van der Waals surface area contributed by atoms with Gasteiger partial charge in [-0.05, 0) is 41.9 Å². The van der Waals surface area contributed by atoms with E-state index in [-0.39, 0.29) is 0 Å². The second kappa shape index (κ2) is 6.48. The van der Waals surface area contributed by atoms with Gasteiger partial charge >= 0.3 is 0 Å². The van der Waals surface area contributed by atoms with Crippen molar-refractivity contribution in [2.75, 3.05) is 6.54 Å². The van der Waals surface area contributed by atoms with Gasteiger partial charge in [0, 0.05) is 10.4 Å². The summed E-state index contributed by atoms with van der Waals surface area (Å²) in [6.45, 7) is 1.14. The topological polar surface area (TPSA) is 35.2 Å². The molecule has 0 amide bonds. The molecular formula is C17H16ClNOS. The van der Waals surface area contributed by atoms with Crippen LogP contribution in [0, 0.1) is 0 Å². The van der Waals surface area contributed by atoms with Crippen molar-refractivity contribution in [1.29, 1.82) is 0 Å². The molecule has 0 aliphatic heterocycles. The van der Waals surface area contributed by atoms with Crippen molar-refractivity contribution < 1.29 is 4.74 Å². The van der Waals surface area contributed by atoms with Crippen LogP contribution < -0.4 is 10.5 Å². The summed E-state index contributed by atoms with van der Waals surface area (Å²) in [7, 11) is 0. The number of rotatable bonds is 5. The van der Waals surface area contributed by atoms with Crippen LogP contribution in [0.2, 0.25) is 4.34 Å². The van der Waals surface area contributed by atoms with Crippen LogP contribution in [0.4, 0.5) is 0 Å². The minimum Gasteiger partial charge on any atom is -0.488 e. The summed E-state index contributed by atoms with van der Waals surface area (Å²) in [5, 5.41) is 2.43. The molecular weight excluding hydrogens is 302 g/mol. The summed E-state index contributed by atoms with van der Waals surface area (Å²) in [6.07, 6.45) is 0.807. The predicted octanol–water partition coefficient (Wildman–Crippen LogP) is 4.63. The first-order valence-corrected chi connectivity index (χ1v) is 8.05. The van der Waals surface area contributed by atoms with Crippen LogP contribution in [0.25, 0.3) is 10.8 Å². The summed E-state index contributed by atoms with van der Waals surface area (Å²) in [5.74, 6) is 0.906. The molecule has 0 bridgehead atoms. The number of fused-ring (bicyclic) bond motifs is 1. The van der Waals surface area contributed by atoms with Gasteiger partial charge in [-0.3, -0.25) is 0 Å². The van der Waals surface area contributed by atoms with E-state index < -0.39 is 0 Å². The highest BCUT2D eigenvalue weighted by atomic mass is 35.5. The highest BCUT2D eigenvalue weighted by Crippen LogP contribution is 2.30. The fourth-order valence-corrected chi connectivity index (χ4v) is 3.43. The first-order chi connectivity index (χ1) is 10.3. The van der Waals surface area contributed by atoms with E-state index in [1.54, 1.807) is 11.3 Å². The minimum absolute atomic E-state index is 0.535. The van der Waals surface area contributed by atoms with Crippen molar-refractivity contribution in [3.63, 3.8) is 0 Å². The summed E-state index contributed by atoms with van der Waals surface area (Å²) in [6, 6.07) is 16.3. The van der Waals surface area contributed by atoms with E-state index in [0.717, 1.165) is 21.4 Å². The fraction of sp³-hybridized carbons (Fsp3) is 0.176. The highest BCUT2D eigenvalue weighted by Gasteiger charge is 2.09. The van der Waals surface area contributed by atoms with Crippen LogP contribution >= 0.6 is 22.9 Å². The Morgan fingerprint density at radius 1 is 1.05 bits per heavy atom. The lowest BCUT2D eigenvalue weighted by Gasteiger charge is -2.13. The van der Waals surface area contributed by atoms with E-state index in [9.17, 15) is 0 Å². The Balaban J connectivity index is 1.91. The first-order valence-electron chi connectivity index (χ1n) is 6.85. The van der Waals surface area contributed by atoms with Crippen molar-refractivity contribution in [2.24, 2.45) is 5.73 Å². The Morgan fingerprint density at radius 2 is 1.90 bits per heavy atom. The molecule has 108 valence electrons. The fourth-order valence-electron chi connectivity index (χ4n) is 2.43. The second-order valence-corrected chi connectivity index (χ2v) is 6.60. The molecule has 2 N–H and O–H groups in total. The molecule has 0 fully saturated rings. The second-order valence-electron chi connectivity index (χ2n) is 4.80. The number of benzene rings is 2. The Labute approximate surface area is 133 Å². The predicted molar refractivity (Wildman–Crippen MR) is 90.4 cm³/mol. The van der Waals surface area contributed by atoms with Gasteiger partial charge in [-0.2, -0.15) is 0 Å². The lowest BCUT2D eigenvalue weighted by Crippen LogP contribution is -2.06. The van der Waals surface area contributed by atoms with Gasteiger partial charge in [0.05, 0.1) is 4.34 Å². The van der Waals surface area contributed by atoms with Gasteiger partial charge in [0.25, 0.3) is 0 Å². The molecule has 0 aliphatic rings. The molecule has 1 aromatic heterocycles. The third kappa shape index (κ3) is 3.21. The number of ether oxygens (including phenoxy) is 1. The molecule has 0 spiro atoms. The minimum atomic E-state index is 0.535. The summed E-state index contributed by atoms with van der Waals surface area (Å²) in [4.78, 5) is 1.12. The largest absolute Gasteiger partial charge is 0.488 e. The molecule has 3 rings (SSSR count). The molecule has 0 unspecified atom stereocenters. The first kappa shape index (κ1) is 14.4. The molecule has 21 heavy (non-hydrogen) atoms. The summed E-state index contributed by atoms with van der Waals surface area (Å²) < 4.78 is 6.78. The maximum absolute atomic E-state index is 5.99. The third-order valence-corrected chi connectivity index (χ3v) is 4.60. The van der Waals surface area contributed by atoms with Gasteiger partial charge in [-0.15, -0.1) is 11.3 Å². The molecule has 0 atom stereocenters. The molecule has 2 aromatic carbocycles. The van der Waals surface area contributed by atoms with E-state index in [1.807, 2.05) is 30.3 Å². The third-order valence-electron chi connectivity index (χ3n) is 3.39. The maximum Gasteiger partial charge on any atom is 0.123 e. The van der Waals surface area contributed by atoms with Gasteiger partial charge in [0.15, 0.2) is 0 Å². The van der Waals surface area contributed by atoms with E-state index >= 15 is 0 Å². The zero-order chi connectivity index (χ0) is 14.7. The average Bonchev–Trinajstić information content (AvgIpc) is 2.92. The highest BCUT2D eigenvalue weighted by molar-refractivity contribution is 7.16. The average molecular weight is 318 g/mol. The lowest BCUT2D eigenvalue weighted by molar-refractivity contribution is 0.307. The SMILES string of the molecule is NCCc1c(OCc2ccc(Cl)s2)ccc2ccccc12. The van der Waals surface area contributed by atoms with E-state index in [4.69, 9.17) is 22.1 Å². The van der Waals surface area contributed by atoms with E-state index in [0.29, 0.717) is 13.2 Å². The Bertz CT molecular complexity index is 753. The molecule has 0 saturated carbocycles. The van der Waals surface area contributed by atoms with Crippen molar-refractivity contribution >= 4 is 33.7 Å². The van der Waals surface area contributed by atoms with E-state index in [1.165, 1.54) is 16.3 Å². The normalized spacial score (nSPS) is 11.0. The Hall–Kier alpha value is -1.55. The number of halogens is 1. The molecule has 3 aromatic rings. The van der Waals surface area contributed by atoms with Gasteiger partial charge in [-0.1, -0.05) is 41.9 Å². The zero-order valence-electron chi connectivity index (χ0n) is 11.5. The van der Waals surface area contributed by atoms with Gasteiger partial charge in [0.2, 0.25) is 0 Å². The van der Waals surface area contributed by atoms with Gasteiger partial charge in [0.1, 0.15) is 12.4 Å². The van der Waals surface area contributed by atoms with Crippen LogP contribution in [0.3, 0.4) is 0 Å². The molecule has 2 nitrogen and oxygen atoms in total. The number of hydrogen-bond acceptors (Lipinski definition) is 3. The van der Waals surface area contributed by atoms with Gasteiger partial charge < -0.3 is 10.5 Å². The zero-order valence-corrected chi connectivity index (χ0v) is 13.1. The van der Waals surface area contributed by atoms with Crippen molar-refractivity contribution in [3.05, 3.63) is 63.3 Å². The summed E-state index contributed by atoms with van der Waals surface area (Å²) in [5.41, 5.74) is 6.94. The molecule has 1 heterocycles. The van der Waals surface area contributed by atoms with Crippen LogP contribution in [-0.2, 0) is 13.0 Å². The summed E-state index contributed by atoms with van der Waals surface area (Å²) >= 11 is 7.49. The number of hydrogen-bond donors (Lipinski definition) is 1. The monoisotopic (exact) mass is 317 g/mol. The molecule has 0 saturated heterocycles. The van der Waals surface area contributed by atoms with Crippen LogP contribution in [-0.4, -0.2) is 6.54 Å². The molecule has 0 aliphatic carbocycles. The molecule has 4 heteroatoms. The number of thiophene rings is 1. The smallest absolute Gasteiger partial charge is 0.123 e. The van der Waals surface area contributed by atoms with Crippen molar-refractivity contribution in [1.82, 2.24) is 0 Å². The van der Waals surface area contributed by atoms with Crippen LogP contribution in [0.5, 0.6) is 5.75 Å². The Morgan fingerprint density at radius 3 is 2.67 bits per heavy atom. The maximum atomic E-state index is 5.99. The molecule has 0 radical (unpaired) electrons. The Kier molecular flexibility index (Phi) is 4.44. The van der Waals surface area contributed by atoms with Crippen LogP contribution in [0.1, 0.15) is 10.4 Å². The van der Waals surface area contributed by atoms with Crippen LogP contribution in [0.15, 0.2) is 48.5 Å². The van der Waals surface area contributed by atoms with Gasteiger partial charge in [-0.25, -0.2) is 0 Å².